The highest BCUT2D eigenvalue weighted by Crippen LogP contribution is 2.33. The minimum Gasteiger partial charge on any atom is -0.493 e. The van der Waals surface area contributed by atoms with Crippen molar-refractivity contribution in [3.8, 4) is 11.5 Å². The van der Waals surface area contributed by atoms with Gasteiger partial charge in [0.25, 0.3) is 0 Å². The van der Waals surface area contributed by atoms with Gasteiger partial charge >= 0.3 is 0 Å². The molecule has 0 atom stereocenters. The molecule has 0 saturated carbocycles. The summed E-state index contributed by atoms with van der Waals surface area (Å²) in [5, 5.41) is 14.4. The monoisotopic (exact) mass is 350 g/mol. The van der Waals surface area contributed by atoms with Gasteiger partial charge in [0.15, 0.2) is 11.5 Å². The van der Waals surface area contributed by atoms with Gasteiger partial charge in [0.1, 0.15) is 6.61 Å². The van der Waals surface area contributed by atoms with Crippen molar-refractivity contribution in [3.05, 3.63) is 52.0 Å². The Bertz CT molecular complexity index is 616. The van der Waals surface area contributed by atoms with Gasteiger partial charge in [-0.1, -0.05) is 34.1 Å². The van der Waals surface area contributed by atoms with Crippen LogP contribution in [0.5, 0.6) is 11.5 Å². The Morgan fingerprint density at radius 1 is 1.05 bits per heavy atom. The molecule has 0 saturated heterocycles. The van der Waals surface area contributed by atoms with E-state index in [0.717, 1.165) is 21.3 Å². The highest BCUT2D eigenvalue weighted by molar-refractivity contribution is 9.10. The number of hydrogen-bond donors (Lipinski definition) is 1. The Balaban J connectivity index is 2.20. The molecule has 4 nitrogen and oxygen atoms in total. The second-order valence-electron chi connectivity index (χ2n) is 4.45. The molecule has 0 bridgehead atoms. The van der Waals surface area contributed by atoms with Gasteiger partial charge in [-0.25, -0.2) is 5.11 Å². The molecule has 2 aromatic rings. The van der Waals surface area contributed by atoms with Crippen molar-refractivity contribution in [2.24, 2.45) is 0 Å². The molecule has 0 aromatic heterocycles. The molecule has 1 N–H and O–H groups in total. The Kier molecular flexibility index (Phi) is 5.47. The Morgan fingerprint density at radius 2 is 1.71 bits per heavy atom. The standard InChI is InChI=1S/C16H17BrNO3/c1-20-15-7-12(13(17)8-16(15)21-2)9-18-14-6-4-3-5-11(14)10-19/h3-8,18H,9-10H2,1-2H3. The van der Waals surface area contributed by atoms with Crippen molar-refractivity contribution >= 4 is 21.6 Å². The van der Waals surface area contributed by atoms with Crippen LogP contribution in [0.3, 0.4) is 0 Å². The zero-order valence-electron chi connectivity index (χ0n) is 12.0. The van der Waals surface area contributed by atoms with E-state index in [2.05, 4.69) is 21.2 Å². The number of rotatable bonds is 6. The summed E-state index contributed by atoms with van der Waals surface area (Å²) in [6.45, 7) is 0.341. The molecule has 0 fully saturated rings. The first-order chi connectivity index (χ1) is 10.2. The number of ether oxygens (including phenoxy) is 2. The Morgan fingerprint density at radius 3 is 2.38 bits per heavy atom. The quantitative estimate of drug-likeness (QED) is 0.856. The molecule has 21 heavy (non-hydrogen) atoms. The van der Waals surface area contributed by atoms with Crippen molar-refractivity contribution in [2.45, 2.75) is 13.2 Å². The van der Waals surface area contributed by atoms with Crippen LogP contribution in [-0.4, -0.2) is 14.2 Å². The lowest BCUT2D eigenvalue weighted by atomic mass is 10.1. The summed E-state index contributed by atoms with van der Waals surface area (Å²) in [6, 6.07) is 11.3. The number of hydrogen-bond acceptors (Lipinski definition) is 3. The summed E-state index contributed by atoms with van der Waals surface area (Å²) in [7, 11) is 3.21. The zero-order chi connectivity index (χ0) is 15.2. The van der Waals surface area contributed by atoms with Gasteiger partial charge in [-0.15, -0.1) is 0 Å². The normalized spacial score (nSPS) is 10.3. The predicted molar refractivity (Wildman–Crippen MR) is 85.4 cm³/mol. The van der Waals surface area contributed by atoms with Gasteiger partial charge in [0, 0.05) is 22.3 Å². The number of halogens is 1. The van der Waals surface area contributed by atoms with Crippen molar-refractivity contribution in [2.75, 3.05) is 19.5 Å². The summed E-state index contributed by atoms with van der Waals surface area (Å²) in [6.07, 6.45) is 0. The predicted octanol–water partition coefficient (Wildman–Crippen LogP) is 4.01. The topological polar surface area (TPSA) is 50.4 Å². The number of nitrogens with one attached hydrogen (secondary N) is 1. The molecule has 0 amide bonds. The van der Waals surface area contributed by atoms with E-state index in [-0.39, 0.29) is 6.61 Å². The molecular formula is C16H17BrNO3. The highest BCUT2D eigenvalue weighted by Gasteiger charge is 2.10. The first-order valence-corrected chi connectivity index (χ1v) is 7.29. The third kappa shape index (κ3) is 3.68. The van der Waals surface area contributed by atoms with Gasteiger partial charge < -0.3 is 14.8 Å². The Hall–Kier alpha value is -1.72. The lowest BCUT2D eigenvalue weighted by Crippen LogP contribution is -2.04. The summed E-state index contributed by atoms with van der Waals surface area (Å²) in [5.74, 6) is 1.35. The molecule has 0 aliphatic rings. The lowest BCUT2D eigenvalue weighted by molar-refractivity contribution is 0.178. The maximum absolute atomic E-state index is 11.1. The maximum atomic E-state index is 11.1. The average Bonchev–Trinajstić information content (AvgIpc) is 2.53. The third-order valence-electron chi connectivity index (χ3n) is 3.19. The van der Waals surface area contributed by atoms with Gasteiger partial charge in [0.2, 0.25) is 0 Å². The van der Waals surface area contributed by atoms with Gasteiger partial charge in [0.05, 0.1) is 14.2 Å². The van der Waals surface area contributed by atoms with Crippen LogP contribution in [0.2, 0.25) is 0 Å². The summed E-state index contributed by atoms with van der Waals surface area (Å²) in [5.41, 5.74) is 2.64. The van der Waals surface area contributed by atoms with E-state index in [1.807, 2.05) is 36.4 Å². The van der Waals surface area contributed by atoms with Crippen LogP contribution in [0.1, 0.15) is 11.1 Å². The molecule has 2 aromatic carbocycles. The number of benzene rings is 2. The van der Waals surface area contributed by atoms with E-state index in [1.54, 1.807) is 14.2 Å². The molecule has 0 spiro atoms. The van der Waals surface area contributed by atoms with E-state index in [4.69, 9.17) is 9.47 Å². The molecule has 0 aliphatic heterocycles. The van der Waals surface area contributed by atoms with Crippen LogP contribution < -0.4 is 14.8 Å². The second kappa shape index (κ2) is 7.33. The van der Waals surface area contributed by atoms with Crippen LogP contribution in [-0.2, 0) is 18.3 Å². The maximum Gasteiger partial charge on any atom is 0.161 e. The lowest BCUT2D eigenvalue weighted by Gasteiger charge is -2.14. The van der Waals surface area contributed by atoms with Crippen molar-refractivity contribution < 1.29 is 14.6 Å². The molecule has 1 radical (unpaired) electrons. The van der Waals surface area contributed by atoms with Crippen molar-refractivity contribution in [1.29, 1.82) is 0 Å². The van der Waals surface area contributed by atoms with Crippen LogP contribution >= 0.6 is 15.9 Å². The van der Waals surface area contributed by atoms with E-state index < -0.39 is 0 Å². The first-order valence-electron chi connectivity index (χ1n) is 6.50. The first kappa shape index (κ1) is 15.7. The fourth-order valence-electron chi connectivity index (χ4n) is 2.04. The smallest absolute Gasteiger partial charge is 0.161 e. The second-order valence-corrected chi connectivity index (χ2v) is 5.31. The molecule has 0 unspecified atom stereocenters. The summed E-state index contributed by atoms with van der Waals surface area (Å²) >= 11 is 3.52. The third-order valence-corrected chi connectivity index (χ3v) is 3.93. The van der Waals surface area contributed by atoms with Crippen molar-refractivity contribution in [1.82, 2.24) is 0 Å². The average molecular weight is 351 g/mol. The van der Waals surface area contributed by atoms with Crippen LogP contribution in [0.25, 0.3) is 0 Å². The number of para-hydroxylation sites is 1. The fraction of sp³-hybridized carbons (Fsp3) is 0.250. The van der Waals surface area contributed by atoms with Gasteiger partial charge in [-0.3, -0.25) is 0 Å². The SMILES string of the molecule is COc1cc(Br)c(CNc2ccccc2C[O])cc1OC. The van der Waals surface area contributed by atoms with Crippen LogP contribution in [0.4, 0.5) is 5.69 Å². The summed E-state index contributed by atoms with van der Waals surface area (Å²) in [4.78, 5) is 0. The Labute approximate surface area is 132 Å². The van der Waals surface area contributed by atoms with Crippen LogP contribution in [0, 0.1) is 0 Å². The minimum atomic E-state index is -0.240. The highest BCUT2D eigenvalue weighted by atomic mass is 79.9. The molecule has 2 rings (SSSR count). The van der Waals surface area contributed by atoms with E-state index in [0.29, 0.717) is 18.0 Å². The van der Waals surface area contributed by atoms with E-state index in [9.17, 15) is 5.11 Å². The fourth-order valence-corrected chi connectivity index (χ4v) is 2.50. The van der Waals surface area contributed by atoms with E-state index in [1.165, 1.54) is 0 Å². The molecule has 111 valence electrons. The minimum absolute atomic E-state index is 0.240. The van der Waals surface area contributed by atoms with E-state index >= 15 is 0 Å². The number of methoxy groups -OCH3 is 2. The zero-order valence-corrected chi connectivity index (χ0v) is 13.6. The molecule has 5 heteroatoms. The van der Waals surface area contributed by atoms with Gasteiger partial charge in [-0.2, -0.15) is 0 Å². The number of anilines is 1. The molecule has 0 aliphatic carbocycles. The summed E-state index contributed by atoms with van der Waals surface area (Å²) < 4.78 is 11.5. The van der Waals surface area contributed by atoms with Crippen molar-refractivity contribution in [3.63, 3.8) is 0 Å². The largest absolute Gasteiger partial charge is 0.493 e. The molecular weight excluding hydrogens is 334 g/mol. The van der Waals surface area contributed by atoms with Gasteiger partial charge in [-0.05, 0) is 23.8 Å². The van der Waals surface area contributed by atoms with Crippen LogP contribution in [0.15, 0.2) is 40.9 Å². The molecule has 0 heterocycles.